The molecule has 158 valence electrons. The van der Waals surface area contributed by atoms with Crippen molar-refractivity contribution in [3.63, 3.8) is 0 Å². The Hall–Kier alpha value is -3.13. The smallest absolute Gasteiger partial charge is 0.338 e. The first-order valence-corrected chi connectivity index (χ1v) is 9.48. The molecule has 0 unspecified atom stereocenters. The number of carbonyl (C=O) groups is 2. The van der Waals surface area contributed by atoms with Crippen LogP contribution in [0.25, 0.3) is 0 Å². The molecule has 0 aromatic heterocycles. The predicted molar refractivity (Wildman–Crippen MR) is 106 cm³/mol. The maximum atomic E-state index is 14.0. The van der Waals surface area contributed by atoms with Gasteiger partial charge in [0, 0.05) is 18.1 Å². The van der Waals surface area contributed by atoms with Gasteiger partial charge in [-0.25, -0.2) is 18.4 Å². The lowest BCUT2D eigenvalue weighted by Crippen LogP contribution is -2.48. The molecule has 0 saturated heterocycles. The van der Waals surface area contributed by atoms with Crippen molar-refractivity contribution in [2.75, 3.05) is 20.3 Å². The summed E-state index contributed by atoms with van der Waals surface area (Å²) in [6.45, 7) is 1.43. The van der Waals surface area contributed by atoms with Crippen molar-refractivity contribution in [2.24, 2.45) is 0 Å². The predicted octanol–water partition coefficient (Wildman–Crippen LogP) is 4.21. The quantitative estimate of drug-likeness (QED) is 0.689. The van der Waals surface area contributed by atoms with Crippen molar-refractivity contribution in [2.45, 2.75) is 13.0 Å². The van der Waals surface area contributed by atoms with Gasteiger partial charge in [0.25, 0.3) is 0 Å². The van der Waals surface area contributed by atoms with Crippen LogP contribution in [0.5, 0.6) is 5.75 Å². The van der Waals surface area contributed by atoms with Gasteiger partial charge in [-0.05, 0) is 30.7 Å². The Balaban J connectivity index is 2.06. The zero-order chi connectivity index (χ0) is 21.8. The van der Waals surface area contributed by atoms with Crippen LogP contribution in [0.2, 0.25) is 5.02 Å². The topological polar surface area (TPSA) is 67.9 Å². The average molecular weight is 437 g/mol. The molecule has 0 saturated carbocycles. The molecule has 30 heavy (non-hydrogen) atoms. The van der Waals surface area contributed by atoms with E-state index in [-0.39, 0.29) is 30.2 Å². The standard InChI is InChI=1S/C21H19ClF2N2O4/c1-3-29-20(27)18-16(11-30-17-9-8-12(23)10-15(17)24)26(2)21(28)25-19(18)13-6-4-5-7-14(13)22/h4-10,19H,3,11H2,1-2H3,(H,25,28)/t19-/m1/s1. The van der Waals surface area contributed by atoms with Crippen LogP contribution in [0.3, 0.4) is 0 Å². The SMILES string of the molecule is CCOC(=O)C1=C(COc2ccc(F)cc2F)N(C)C(=O)N[C@@H]1c1ccccc1Cl. The number of nitrogens with zero attached hydrogens (tertiary/aromatic N) is 1. The largest absolute Gasteiger partial charge is 0.484 e. The molecule has 2 amide bonds. The number of rotatable bonds is 6. The number of amides is 2. The second kappa shape index (κ2) is 9.13. The van der Waals surface area contributed by atoms with Gasteiger partial charge in [0.1, 0.15) is 12.4 Å². The zero-order valence-corrected chi connectivity index (χ0v) is 17.0. The zero-order valence-electron chi connectivity index (χ0n) is 16.2. The first kappa shape index (κ1) is 21.6. The number of ether oxygens (including phenoxy) is 2. The highest BCUT2D eigenvalue weighted by molar-refractivity contribution is 6.31. The summed E-state index contributed by atoms with van der Waals surface area (Å²) in [5.41, 5.74) is 0.773. The maximum absolute atomic E-state index is 14.0. The fourth-order valence-corrected chi connectivity index (χ4v) is 3.31. The van der Waals surface area contributed by atoms with Crippen LogP contribution in [0.4, 0.5) is 13.6 Å². The van der Waals surface area contributed by atoms with Gasteiger partial charge in [-0.1, -0.05) is 29.8 Å². The fourth-order valence-electron chi connectivity index (χ4n) is 3.06. The summed E-state index contributed by atoms with van der Waals surface area (Å²) in [5.74, 6) is -2.55. The maximum Gasteiger partial charge on any atom is 0.338 e. The molecule has 0 radical (unpaired) electrons. The van der Waals surface area contributed by atoms with Crippen LogP contribution in [0, 0.1) is 11.6 Å². The third-order valence-corrected chi connectivity index (χ3v) is 4.89. The Bertz CT molecular complexity index is 1010. The van der Waals surface area contributed by atoms with Crippen LogP contribution in [0.1, 0.15) is 18.5 Å². The molecule has 0 fully saturated rings. The highest BCUT2D eigenvalue weighted by Gasteiger charge is 2.37. The monoisotopic (exact) mass is 436 g/mol. The van der Waals surface area contributed by atoms with Gasteiger partial charge in [-0.3, -0.25) is 4.90 Å². The van der Waals surface area contributed by atoms with Gasteiger partial charge < -0.3 is 14.8 Å². The summed E-state index contributed by atoms with van der Waals surface area (Å²) in [5, 5.41) is 3.07. The molecule has 1 heterocycles. The van der Waals surface area contributed by atoms with Gasteiger partial charge in [0.05, 0.1) is 23.9 Å². The second-order valence-corrected chi connectivity index (χ2v) is 6.81. The number of nitrogens with one attached hydrogen (secondary N) is 1. The van der Waals surface area contributed by atoms with Gasteiger partial charge >= 0.3 is 12.0 Å². The lowest BCUT2D eigenvalue weighted by molar-refractivity contribution is -0.139. The van der Waals surface area contributed by atoms with E-state index in [2.05, 4.69) is 5.32 Å². The van der Waals surface area contributed by atoms with E-state index in [1.807, 2.05) is 0 Å². The van der Waals surface area contributed by atoms with Crippen LogP contribution in [0.15, 0.2) is 53.7 Å². The summed E-state index contributed by atoms with van der Waals surface area (Å²) in [4.78, 5) is 26.5. The van der Waals surface area contributed by atoms with Gasteiger partial charge in [-0.2, -0.15) is 0 Å². The van der Waals surface area contributed by atoms with Crippen molar-refractivity contribution < 1.29 is 27.8 Å². The Labute approximate surface area is 177 Å². The molecule has 0 spiro atoms. The molecule has 0 aliphatic carbocycles. The average Bonchev–Trinajstić information content (AvgIpc) is 2.70. The Kier molecular flexibility index (Phi) is 6.56. The van der Waals surface area contributed by atoms with E-state index in [0.29, 0.717) is 16.7 Å². The summed E-state index contributed by atoms with van der Waals surface area (Å²) in [6.07, 6.45) is 0. The highest BCUT2D eigenvalue weighted by Crippen LogP contribution is 2.34. The van der Waals surface area contributed by atoms with Gasteiger partial charge in [0.2, 0.25) is 0 Å². The number of hydrogen-bond acceptors (Lipinski definition) is 4. The molecule has 6 nitrogen and oxygen atoms in total. The third-order valence-electron chi connectivity index (χ3n) is 4.55. The van der Waals surface area contributed by atoms with Crippen molar-refractivity contribution in [1.82, 2.24) is 10.2 Å². The third kappa shape index (κ3) is 4.38. The van der Waals surface area contributed by atoms with Crippen molar-refractivity contribution in [3.05, 3.63) is 76.0 Å². The normalized spacial score (nSPS) is 16.4. The second-order valence-electron chi connectivity index (χ2n) is 6.41. The van der Waals surface area contributed by atoms with Crippen LogP contribution < -0.4 is 10.1 Å². The lowest BCUT2D eigenvalue weighted by atomic mass is 9.94. The Morgan fingerprint density at radius 1 is 1.23 bits per heavy atom. The number of hydrogen-bond donors (Lipinski definition) is 1. The molecular formula is C21H19ClF2N2O4. The minimum absolute atomic E-state index is 0.106. The molecule has 3 rings (SSSR count). The van der Waals surface area contributed by atoms with Crippen molar-refractivity contribution in [1.29, 1.82) is 0 Å². The molecule has 1 aliphatic rings. The number of halogens is 3. The Morgan fingerprint density at radius 3 is 2.63 bits per heavy atom. The highest BCUT2D eigenvalue weighted by atomic mass is 35.5. The van der Waals surface area contributed by atoms with E-state index in [4.69, 9.17) is 21.1 Å². The number of likely N-dealkylation sites (N-methyl/N-ethyl adjacent to an activating group) is 1. The van der Waals surface area contributed by atoms with E-state index < -0.39 is 29.7 Å². The lowest BCUT2D eigenvalue weighted by Gasteiger charge is -2.34. The van der Waals surface area contributed by atoms with Gasteiger partial charge in [-0.15, -0.1) is 0 Å². The summed E-state index contributed by atoms with van der Waals surface area (Å²) >= 11 is 6.29. The molecule has 2 aromatic carbocycles. The number of urea groups is 1. The molecule has 2 aromatic rings. The molecule has 1 atom stereocenters. The van der Waals surface area contributed by atoms with Crippen LogP contribution >= 0.6 is 11.6 Å². The van der Waals surface area contributed by atoms with E-state index in [0.717, 1.165) is 12.1 Å². The molecule has 1 aliphatic heterocycles. The number of benzene rings is 2. The van der Waals surface area contributed by atoms with E-state index >= 15 is 0 Å². The molecule has 0 bridgehead atoms. The number of carbonyl (C=O) groups excluding carboxylic acids is 2. The first-order chi connectivity index (χ1) is 14.3. The van der Waals surface area contributed by atoms with E-state index in [1.165, 1.54) is 11.9 Å². The Morgan fingerprint density at radius 2 is 1.97 bits per heavy atom. The summed E-state index contributed by atoms with van der Waals surface area (Å²) < 4.78 is 37.8. The summed E-state index contributed by atoms with van der Waals surface area (Å²) in [6, 6.07) is 8.21. The van der Waals surface area contributed by atoms with Crippen LogP contribution in [-0.4, -0.2) is 37.2 Å². The number of esters is 1. The van der Waals surface area contributed by atoms with Crippen LogP contribution in [-0.2, 0) is 9.53 Å². The van der Waals surface area contributed by atoms with E-state index in [9.17, 15) is 18.4 Å². The molecular weight excluding hydrogens is 418 g/mol. The minimum atomic E-state index is -0.904. The van der Waals surface area contributed by atoms with E-state index in [1.54, 1.807) is 31.2 Å². The fraction of sp³-hybridized carbons (Fsp3) is 0.238. The van der Waals surface area contributed by atoms with Crippen molar-refractivity contribution in [3.8, 4) is 5.75 Å². The molecule has 9 heteroatoms. The summed E-state index contributed by atoms with van der Waals surface area (Å²) in [7, 11) is 1.44. The van der Waals surface area contributed by atoms with Crippen molar-refractivity contribution >= 4 is 23.6 Å². The first-order valence-electron chi connectivity index (χ1n) is 9.10. The minimum Gasteiger partial charge on any atom is -0.484 e. The van der Waals surface area contributed by atoms with Gasteiger partial charge in [0.15, 0.2) is 11.6 Å². The molecule has 1 N–H and O–H groups in total.